The fourth-order valence-electron chi connectivity index (χ4n) is 2.67. The van der Waals surface area contributed by atoms with Crippen LogP contribution in [-0.4, -0.2) is 12.5 Å². The van der Waals surface area contributed by atoms with E-state index in [2.05, 4.69) is 36.2 Å². The van der Waals surface area contributed by atoms with Gasteiger partial charge in [0, 0.05) is 0 Å². The zero-order chi connectivity index (χ0) is 14.8. The first-order chi connectivity index (χ1) is 10.2. The first kappa shape index (κ1) is 13.6. The summed E-state index contributed by atoms with van der Waals surface area (Å²) in [6.07, 6.45) is 1.00. The van der Waals surface area contributed by atoms with Crippen LogP contribution in [0.1, 0.15) is 24.1 Å². The number of halogens is 1. The minimum Gasteiger partial charge on any atom is -0.369 e. The molecule has 0 saturated carbocycles. The number of hydrogen-bond donors (Lipinski definition) is 1. The van der Waals surface area contributed by atoms with Gasteiger partial charge in [-0.05, 0) is 29.7 Å². The Balaban J connectivity index is 1.97. The second-order valence-electron chi connectivity index (χ2n) is 5.13. The third kappa shape index (κ3) is 2.49. The van der Waals surface area contributed by atoms with Crippen LogP contribution in [0.5, 0.6) is 0 Å². The molecule has 0 bridgehead atoms. The molecule has 1 atom stereocenters. The number of aliphatic imine (C=N–C) groups is 1. The van der Waals surface area contributed by atoms with E-state index in [1.807, 2.05) is 0 Å². The average molecular weight is 283 g/mol. The highest BCUT2D eigenvalue weighted by molar-refractivity contribution is 5.97. The summed E-state index contributed by atoms with van der Waals surface area (Å²) in [6.45, 7) is 2.67. The summed E-state index contributed by atoms with van der Waals surface area (Å²) >= 11 is 0. The molecule has 2 aromatic carbocycles. The highest BCUT2D eigenvalue weighted by Gasteiger charge is 2.30. The predicted octanol–water partition coefficient (Wildman–Crippen LogP) is 3.26. The van der Waals surface area contributed by atoms with Gasteiger partial charge in [0.15, 0.2) is 5.96 Å². The minimum absolute atomic E-state index is 0.0483. The van der Waals surface area contributed by atoms with Gasteiger partial charge in [0.2, 0.25) is 0 Å². The van der Waals surface area contributed by atoms with Crippen LogP contribution in [0.3, 0.4) is 0 Å². The van der Waals surface area contributed by atoms with Crippen molar-refractivity contribution in [3.8, 4) is 0 Å². The lowest BCUT2D eigenvalue weighted by Crippen LogP contribution is -2.36. The van der Waals surface area contributed by atoms with Crippen LogP contribution >= 0.6 is 0 Å². The lowest BCUT2D eigenvalue weighted by molar-refractivity contribution is 0.619. The average Bonchev–Trinajstić information content (AvgIpc) is 2.89. The predicted molar refractivity (Wildman–Crippen MR) is 83.9 cm³/mol. The number of benzene rings is 2. The molecule has 1 unspecified atom stereocenters. The molecular formula is C17H18FN3. The molecule has 1 aliphatic rings. The molecule has 108 valence electrons. The van der Waals surface area contributed by atoms with Gasteiger partial charge in [-0.25, -0.2) is 4.39 Å². The number of anilines is 1. The molecule has 2 aromatic rings. The van der Waals surface area contributed by atoms with Crippen LogP contribution in [0.2, 0.25) is 0 Å². The molecule has 0 radical (unpaired) electrons. The number of nitrogens with two attached hydrogens (primary N) is 1. The molecule has 21 heavy (non-hydrogen) atoms. The molecule has 0 spiro atoms. The number of para-hydroxylation sites is 1. The summed E-state index contributed by atoms with van der Waals surface area (Å²) in [5, 5.41) is 0. The van der Waals surface area contributed by atoms with Crippen LogP contribution in [0.4, 0.5) is 10.1 Å². The van der Waals surface area contributed by atoms with Crippen molar-refractivity contribution in [1.29, 1.82) is 0 Å². The zero-order valence-corrected chi connectivity index (χ0v) is 12.0. The fraction of sp³-hybridized carbons (Fsp3) is 0.235. The van der Waals surface area contributed by atoms with Crippen molar-refractivity contribution in [3.05, 3.63) is 65.5 Å². The van der Waals surface area contributed by atoms with Gasteiger partial charge in [0.25, 0.3) is 0 Å². The Morgan fingerprint density at radius 3 is 2.57 bits per heavy atom. The van der Waals surface area contributed by atoms with E-state index in [1.54, 1.807) is 23.1 Å². The largest absolute Gasteiger partial charge is 0.369 e. The number of nitrogens with zero attached hydrogens (tertiary/aromatic N) is 2. The maximum Gasteiger partial charge on any atom is 0.196 e. The first-order valence-corrected chi connectivity index (χ1v) is 7.13. The van der Waals surface area contributed by atoms with Gasteiger partial charge in [-0.3, -0.25) is 4.99 Å². The molecular weight excluding hydrogens is 265 g/mol. The van der Waals surface area contributed by atoms with E-state index in [1.165, 1.54) is 11.6 Å². The molecule has 0 aliphatic carbocycles. The van der Waals surface area contributed by atoms with E-state index in [9.17, 15) is 4.39 Å². The van der Waals surface area contributed by atoms with Gasteiger partial charge < -0.3 is 10.6 Å². The van der Waals surface area contributed by atoms with Crippen LogP contribution < -0.4 is 10.6 Å². The summed E-state index contributed by atoms with van der Waals surface area (Å²) in [6, 6.07) is 15.0. The van der Waals surface area contributed by atoms with Gasteiger partial charge in [0.05, 0.1) is 18.3 Å². The smallest absolute Gasteiger partial charge is 0.196 e. The molecule has 3 rings (SSSR count). The summed E-state index contributed by atoms with van der Waals surface area (Å²) in [4.78, 5) is 6.06. The monoisotopic (exact) mass is 283 g/mol. The van der Waals surface area contributed by atoms with Crippen molar-refractivity contribution in [2.24, 2.45) is 10.7 Å². The quantitative estimate of drug-likeness (QED) is 0.939. The number of guanidine groups is 1. The number of rotatable bonds is 3. The Bertz CT molecular complexity index is 664. The molecule has 0 saturated heterocycles. The second-order valence-corrected chi connectivity index (χ2v) is 5.13. The van der Waals surface area contributed by atoms with Crippen molar-refractivity contribution >= 4 is 11.6 Å². The van der Waals surface area contributed by atoms with E-state index >= 15 is 0 Å². The van der Waals surface area contributed by atoms with Gasteiger partial charge in [-0.2, -0.15) is 0 Å². The third-order valence-electron chi connectivity index (χ3n) is 3.87. The molecule has 1 heterocycles. The van der Waals surface area contributed by atoms with E-state index in [-0.39, 0.29) is 11.9 Å². The van der Waals surface area contributed by atoms with Crippen LogP contribution in [-0.2, 0) is 6.42 Å². The molecule has 0 amide bonds. The molecule has 2 N–H and O–H groups in total. The van der Waals surface area contributed by atoms with Crippen LogP contribution in [0.15, 0.2) is 53.5 Å². The highest BCUT2D eigenvalue weighted by atomic mass is 19.1. The summed E-state index contributed by atoms with van der Waals surface area (Å²) in [5.41, 5.74) is 8.82. The normalized spacial score (nSPS) is 17.9. The summed E-state index contributed by atoms with van der Waals surface area (Å²) in [5.74, 6) is 0.0809. The molecule has 3 nitrogen and oxygen atoms in total. The van der Waals surface area contributed by atoms with E-state index < -0.39 is 0 Å². The molecule has 0 fully saturated rings. The van der Waals surface area contributed by atoms with Crippen molar-refractivity contribution in [2.75, 3.05) is 11.4 Å². The second kappa shape index (κ2) is 5.56. The Morgan fingerprint density at radius 1 is 1.19 bits per heavy atom. The Kier molecular flexibility index (Phi) is 3.60. The van der Waals surface area contributed by atoms with Crippen molar-refractivity contribution in [2.45, 2.75) is 19.4 Å². The lowest BCUT2D eigenvalue weighted by atomic mass is 10.0. The van der Waals surface area contributed by atoms with Gasteiger partial charge in [0.1, 0.15) is 5.82 Å². The molecule has 4 heteroatoms. The molecule has 0 aromatic heterocycles. The zero-order valence-electron chi connectivity index (χ0n) is 12.0. The first-order valence-electron chi connectivity index (χ1n) is 7.13. The van der Waals surface area contributed by atoms with E-state index in [0.717, 1.165) is 12.0 Å². The third-order valence-corrected chi connectivity index (χ3v) is 3.87. The van der Waals surface area contributed by atoms with Gasteiger partial charge >= 0.3 is 0 Å². The van der Waals surface area contributed by atoms with Gasteiger partial charge in [-0.15, -0.1) is 0 Å². The maximum absolute atomic E-state index is 14.1. The van der Waals surface area contributed by atoms with Crippen LogP contribution in [0, 0.1) is 5.82 Å². The van der Waals surface area contributed by atoms with E-state index in [4.69, 9.17) is 5.73 Å². The van der Waals surface area contributed by atoms with Crippen LogP contribution in [0.25, 0.3) is 0 Å². The highest BCUT2D eigenvalue weighted by Crippen LogP contribution is 2.32. The number of hydrogen-bond acceptors (Lipinski definition) is 3. The Morgan fingerprint density at radius 2 is 1.90 bits per heavy atom. The summed E-state index contributed by atoms with van der Waals surface area (Å²) < 4.78 is 14.1. The Hall–Kier alpha value is -2.36. The number of aryl methyl sites for hydroxylation is 1. The molecule has 1 aliphatic heterocycles. The summed E-state index contributed by atoms with van der Waals surface area (Å²) in [7, 11) is 0. The topological polar surface area (TPSA) is 41.6 Å². The van der Waals surface area contributed by atoms with Gasteiger partial charge in [-0.1, -0.05) is 43.3 Å². The minimum atomic E-state index is -0.285. The lowest BCUT2D eigenvalue weighted by Gasteiger charge is -2.27. The van der Waals surface area contributed by atoms with Crippen molar-refractivity contribution in [1.82, 2.24) is 0 Å². The Labute approximate surface area is 123 Å². The fourth-order valence-corrected chi connectivity index (χ4v) is 2.67. The maximum atomic E-state index is 14.1. The van der Waals surface area contributed by atoms with Crippen molar-refractivity contribution in [3.63, 3.8) is 0 Å². The standard InChI is InChI=1S/C17H18FN3/c1-2-12-7-9-13(10-8-12)16-11-20-17(19)21(16)15-6-4-3-5-14(15)18/h3-10,16H,2,11H2,1H3,(H2,19,20). The van der Waals surface area contributed by atoms with Crippen molar-refractivity contribution < 1.29 is 4.39 Å². The SMILES string of the molecule is CCc1ccc(C2CN=C(N)N2c2ccccc2F)cc1. The van der Waals surface area contributed by atoms with E-state index in [0.29, 0.717) is 18.2 Å².